The molecule has 2 rings (SSSR count). The summed E-state index contributed by atoms with van der Waals surface area (Å²) < 4.78 is 0. The van der Waals surface area contributed by atoms with Crippen LogP contribution in [0.15, 0.2) is 24.3 Å². The van der Waals surface area contributed by atoms with Gasteiger partial charge in [0.05, 0.1) is 6.42 Å². The fraction of sp³-hybridized carbons (Fsp3) is 0.588. The molecule has 1 aliphatic rings. The molecule has 0 spiro atoms. The Labute approximate surface area is 127 Å². The number of benzene rings is 1. The first-order chi connectivity index (χ1) is 10.2. The molecule has 1 saturated carbocycles. The second-order valence-electron chi connectivity index (χ2n) is 5.87. The molecule has 116 valence electrons. The van der Waals surface area contributed by atoms with Crippen LogP contribution in [0.4, 0.5) is 0 Å². The lowest BCUT2D eigenvalue weighted by atomic mass is 9.93. The summed E-state index contributed by atoms with van der Waals surface area (Å²) >= 11 is 0. The summed E-state index contributed by atoms with van der Waals surface area (Å²) in [4.78, 5) is 14.1. The molecule has 21 heavy (non-hydrogen) atoms. The number of rotatable bonds is 6. The lowest BCUT2D eigenvalue weighted by Gasteiger charge is -2.34. The number of amides is 1. The zero-order valence-electron chi connectivity index (χ0n) is 13.0. The number of nitrogens with one attached hydrogen (secondary N) is 1. The van der Waals surface area contributed by atoms with Crippen LogP contribution >= 0.6 is 0 Å². The van der Waals surface area contributed by atoms with Gasteiger partial charge in [-0.2, -0.15) is 0 Å². The van der Waals surface area contributed by atoms with E-state index in [4.69, 9.17) is 5.84 Å². The molecule has 0 aliphatic heterocycles. The van der Waals surface area contributed by atoms with E-state index in [1.807, 2.05) is 18.2 Å². The van der Waals surface area contributed by atoms with E-state index in [-0.39, 0.29) is 5.91 Å². The normalized spacial score (nSPS) is 16.1. The van der Waals surface area contributed by atoms with Gasteiger partial charge in [-0.15, -0.1) is 0 Å². The second-order valence-corrected chi connectivity index (χ2v) is 5.87. The Bertz CT molecular complexity index is 455. The molecule has 1 amide bonds. The van der Waals surface area contributed by atoms with Crippen LogP contribution in [0.1, 0.15) is 50.2 Å². The summed E-state index contributed by atoms with van der Waals surface area (Å²) in [6.07, 6.45) is 7.03. The van der Waals surface area contributed by atoms with Crippen molar-refractivity contribution in [3.8, 4) is 0 Å². The van der Waals surface area contributed by atoms with E-state index in [1.54, 1.807) is 0 Å². The van der Waals surface area contributed by atoms with Gasteiger partial charge in [0, 0.05) is 12.6 Å². The van der Waals surface area contributed by atoms with E-state index in [9.17, 15) is 4.79 Å². The molecule has 1 fully saturated rings. The van der Waals surface area contributed by atoms with Gasteiger partial charge in [-0.25, -0.2) is 5.84 Å². The third kappa shape index (κ3) is 4.55. The minimum absolute atomic E-state index is 0.136. The molecular formula is C17H27N3O. The van der Waals surface area contributed by atoms with Crippen LogP contribution in [0.3, 0.4) is 0 Å². The number of nitrogens with zero attached hydrogens (tertiary/aromatic N) is 1. The molecule has 1 aromatic carbocycles. The van der Waals surface area contributed by atoms with Gasteiger partial charge in [-0.05, 0) is 30.5 Å². The van der Waals surface area contributed by atoms with E-state index < -0.39 is 0 Å². The summed E-state index contributed by atoms with van der Waals surface area (Å²) in [5.74, 6) is 5.07. The van der Waals surface area contributed by atoms with Crippen molar-refractivity contribution in [3.63, 3.8) is 0 Å². The van der Waals surface area contributed by atoms with Crippen LogP contribution in [-0.4, -0.2) is 23.4 Å². The Morgan fingerprint density at radius 3 is 2.52 bits per heavy atom. The molecular weight excluding hydrogens is 262 g/mol. The van der Waals surface area contributed by atoms with E-state index in [0.717, 1.165) is 18.7 Å². The molecule has 4 nitrogen and oxygen atoms in total. The highest BCUT2D eigenvalue weighted by Gasteiger charge is 2.20. The third-order valence-corrected chi connectivity index (χ3v) is 4.50. The number of nitrogens with two attached hydrogens (primary N) is 1. The average Bonchev–Trinajstić information content (AvgIpc) is 2.54. The highest BCUT2D eigenvalue weighted by Crippen LogP contribution is 2.24. The van der Waals surface area contributed by atoms with Crippen molar-refractivity contribution in [2.75, 3.05) is 6.54 Å². The Morgan fingerprint density at radius 2 is 1.90 bits per heavy atom. The molecule has 0 atom stereocenters. The third-order valence-electron chi connectivity index (χ3n) is 4.50. The van der Waals surface area contributed by atoms with Crippen LogP contribution in [0.5, 0.6) is 0 Å². The topological polar surface area (TPSA) is 58.4 Å². The maximum atomic E-state index is 11.5. The van der Waals surface area contributed by atoms with Crippen LogP contribution in [0.25, 0.3) is 0 Å². The van der Waals surface area contributed by atoms with E-state index >= 15 is 0 Å². The number of hydrazine groups is 1. The fourth-order valence-corrected chi connectivity index (χ4v) is 3.27. The van der Waals surface area contributed by atoms with Crippen LogP contribution < -0.4 is 11.3 Å². The van der Waals surface area contributed by atoms with Crippen LogP contribution in [-0.2, 0) is 17.8 Å². The van der Waals surface area contributed by atoms with E-state index in [2.05, 4.69) is 23.3 Å². The standard InChI is InChI=1S/C17H27N3O/c1-2-20(16-10-4-3-5-11-16)13-15-9-7-6-8-14(15)12-17(21)19-18/h6-9,16H,2-5,10-13,18H2,1H3,(H,19,21). The van der Waals surface area contributed by atoms with Gasteiger partial charge < -0.3 is 0 Å². The van der Waals surface area contributed by atoms with Crippen LogP contribution in [0, 0.1) is 0 Å². The predicted molar refractivity (Wildman–Crippen MR) is 85.4 cm³/mol. The van der Waals surface area contributed by atoms with Gasteiger partial charge >= 0.3 is 0 Å². The molecule has 0 radical (unpaired) electrons. The molecule has 0 heterocycles. The van der Waals surface area contributed by atoms with E-state index in [0.29, 0.717) is 12.5 Å². The second kappa shape index (κ2) is 8.15. The summed E-state index contributed by atoms with van der Waals surface area (Å²) in [5, 5.41) is 0. The van der Waals surface area contributed by atoms with Crippen molar-refractivity contribution in [1.82, 2.24) is 10.3 Å². The van der Waals surface area contributed by atoms with Gasteiger partial charge in [0.15, 0.2) is 0 Å². The molecule has 1 aromatic rings. The molecule has 3 N–H and O–H groups in total. The first-order valence-corrected chi connectivity index (χ1v) is 8.05. The predicted octanol–water partition coefficient (Wildman–Crippen LogP) is 2.37. The number of hydrogen-bond donors (Lipinski definition) is 2. The van der Waals surface area contributed by atoms with Crippen molar-refractivity contribution in [1.29, 1.82) is 0 Å². The van der Waals surface area contributed by atoms with Gasteiger partial charge in [-0.3, -0.25) is 15.1 Å². The zero-order valence-corrected chi connectivity index (χ0v) is 13.0. The monoisotopic (exact) mass is 289 g/mol. The van der Waals surface area contributed by atoms with Crippen molar-refractivity contribution >= 4 is 5.91 Å². The number of carbonyl (C=O) groups is 1. The lowest BCUT2D eigenvalue weighted by Crippen LogP contribution is -2.36. The van der Waals surface area contributed by atoms with E-state index in [1.165, 1.54) is 37.7 Å². The molecule has 0 unspecified atom stereocenters. The zero-order chi connectivity index (χ0) is 15.1. The molecule has 1 aliphatic carbocycles. The van der Waals surface area contributed by atoms with Crippen molar-refractivity contribution < 1.29 is 4.79 Å². The maximum Gasteiger partial charge on any atom is 0.238 e. The van der Waals surface area contributed by atoms with Gasteiger partial charge in [0.1, 0.15) is 0 Å². The maximum absolute atomic E-state index is 11.5. The summed E-state index contributed by atoms with van der Waals surface area (Å²) in [6.45, 7) is 4.21. The molecule has 0 saturated heterocycles. The number of hydrogen-bond acceptors (Lipinski definition) is 3. The Hall–Kier alpha value is -1.39. The Balaban J connectivity index is 2.07. The SMILES string of the molecule is CCN(Cc1ccccc1CC(=O)NN)C1CCCCC1. The summed E-state index contributed by atoms with van der Waals surface area (Å²) in [5.41, 5.74) is 4.54. The fourth-order valence-electron chi connectivity index (χ4n) is 3.27. The van der Waals surface area contributed by atoms with Crippen molar-refractivity contribution in [2.24, 2.45) is 5.84 Å². The van der Waals surface area contributed by atoms with Gasteiger partial charge in [0.2, 0.25) is 5.91 Å². The molecule has 0 aromatic heterocycles. The van der Waals surface area contributed by atoms with Crippen molar-refractivity contribution in [2.45, 2.75) is 58.0 Å². The quantitative estimate of drug-likeness (QED) is 0.480. The smallest absolute Gasteiger partial charge is 0.238 e. The average molecular weight is 289 g/mol. The Morgan fingerprint density at radius 1 is 1.24 bits per heavy atom. The van der Waals surface area contributed by atoms with Gasteiger partial charge in [-0.1, -0.05) is 50.5 Å². The van der Waals surface area contributed by atoms with Crippen LogP contribution in [0.2, 0.25) is 0 Å². The highest BCUT2D eigenvalue weighted by molar-refractivity contribution is 5.78. The first-order valence-electron chi connectivity index (χ1n) is 8.05. The van der Waals surface area contributed by atoms with Crippen molar-refractivity contribution in [3.05, 3.63) is 35.4 Å². The number of carbonyl (C=O) groups excluding carboxylic acids is 1. The molecule has 4 heteroatoms. The van der Waals surface area contributed by atoms with Gasteiger partial charge in [0.25, 0.3) is 0 Å². The largest absolute Gasteiger partial charge is 0.296 e. The Kier molecular flexibility index (Phi) is 6.21. The highest BCUT2D eigenvalue weighted by atomic mass is 16.2. The minimum atomic E-state index is -0.136. The summed E-state index contributed by atoms with van der Waals surface area (Å²) in [6, 6.07) is 8.89. The lowest BCUT2D eigenvalue weighted by molar-refractivity contribution is -0.120. The molecule has 0 bridgehead atoms. The summed E-state index contributed by atoms with van der Waals surface area (Å²) in [7, 11) is 0. The first kappa shape index (κ1) is 16.0. The minimum Gasteiger partial charge on any atom is -0.296 e.